The maximum absolute atomic E-state index is 5.02. The summed E-state index contributed by atoms with van der Waals surface area (Å²) in [6, 6.07) is 7.75. The van der Waals surface area contributed by atoms with Crippen molar-refractivity contribution >= 4 is 17.8 Å². The first-order valence-corrected chi connectivity index (χ1v) is 3.35. The minimum atomic E-state index is 0.663. The third kappa shape index (κ3) is 0.923. The predicted molar refractivity (Wildman–Crippen MR) is 44.7 cm³/mol. The average molecular weight is 145 g/mol. The van der Waals surface area contributed by atoms with Gasteiger partial charge in [0.2, 0.25) is 0 Å². The summed E-state index contributed by atoms with van der Waals surface area (Å²) in [4.78, 5) is 4.04. The molecule has 0 fully saturated rings. The Labute approximate surface area is 64.8 Å². The smallest absolute Gasteiger partial charge is 0.181 e. The van der Waals surface area contributed by atoms with Gasteiger partial charge in [-0.1, -0.05) is 18.7 Å². The van der Waals surface area contributed by atoms with E-state index in [4.69, 9.17) is 4.74 Å². The molecule has 2 rings (SSSR count). The van der Waals surface area contributed by atoms with E-state index in [1.807, 2.05) is 24.3 Å². The fourth-order valence-electron chi connectivity index (χ4n) is 1.03. The average Bonchev–Trinajstić information content (AvgIpc) is 2.06. The zero-order valence-corrected chi connectivity index (χ0v) is 5.95. The Kier molecular flexibility index (Phi) is 1.25. The van der Waals surface area contributed by atoms with Crippen molar-refractivity contribution in [1.29, 1.82) is 0 Å². The van der Waals surface area contributed by atoms with Gasteiger partial charge in [0.15, 0.2) is 6.40 Å². The molecule has 0 saturated carbocycles. The molecule has 0 saturated heterocycles. The molecule has 0 N–H and O–H groups in total. The van der Waals surface area contributed by atoms with E-state index in [0.29, 0.717) is 5.76 Å². The van der Waals surface area contributed by atoms with Crippen LogP contribution in [0.2, 0.25) is 0 Å². The Balaban J connectivity index is 2.63. The lowest BCUT2D eigenvalue weighted by molar-refractivity contribution is 0.527. The van der Waals surface area contributed by atoms with Crippen LogP contribution in [0.5, 0.6) is 0 Å². The van der Waals surface area contributed by atoms with Crippen LogP contribution in [0.3, 0.4) is 0 Å². The van der Waals surface area contributed by atoms with Crippen molar-refractivity contribution in [2.45, 2.75) is 0 Å². The van der Waals surface area contributed by atoms with E-state index in [1.54, 1.807) is 0 Å². The number of ether oxygens (including phenoxy) is 1. The van der Waals surface area contributed by atoms with Gasteiger partial charge in [0.25, 0.3) is 0 Å². The van der Waals surface area contributed by atoms with Crippen molar-refractivity contribution < 1.29 is 4.74 Å². The van der Waals surface area contributed by atoms with Gasteiger partial charge in [-0.25, -0.2) is 4.99 Å². The maximum atomic E-state index is 5.02. The molecule has 0 aromatic heterocycles. The summed E-state index contributed by atoms with van der Waals surface area (Å²) in [6.07, 6.45) is 1.41. The Morgan fingerprint density at radius 3 is 2.91 bits per heavy atom. The van der Waals surface area contributed by atoms with E-state index in [1.165, 1.54) is 6.40 Å². The number of hydrogen-bond acceptors (Lipinski definition) is 2. The molecule has 0 amide bonds. The first-order valence-electron chi connectivity index (χ1n) is 3.35. The van der Waals surface area contributed by atoms with Crippen molar-refractivity contribution in [3.05, 3.63) is 36.4 Å². The molecule has 1 aromatic rings. The zero-order valence-electron chi connectivity index (χ0n) is 5.95. The van der Waals surface area contributed by atoms with Crippen molar-refractivity contribution in [2.24, 2.45) is 4.99 Å². The molecule has 0 bridgehead atoms. The topological polar surface area (TPSA) is 21.6 Å². The van der Waals surface area contributed by atoms with Crippen LogP contribution >= 0.6 is 0 Å². The highest BCUT2D eigenvalue weighted by atomic mass is 16.5. The first kappa shape index (κ1) is 6.16. The van der Waals surface area contributed by atoms with E-state index < -0.39 is 0 Å². The summed E-state index contributed by atoms with van der Waals surface area (Å²) in [5, 5.41) is 0. The molecule has 1 aliphatic heterocycles. The number of rotatable bonds is 0. The van der Waals surface area contributed by atoms with Crippen LogP contribution in [0.4, 0.5) is 5.69 Å². The van der Waals surface area contributed by atoms with Gasteiger partial charge in [-0.15, -0.1) is 0 Å². The zero-order chi connectivity index (χ0) is 7.68. The summed E-state index contributed by atoms with van der Waals surface area (Å²) in [7, 11) is 0. The molecule has 2 heteroatoms. The van der Waals surface area contributed by atoms with Crippen LogP contribution in [0.15, 0.2) is 35.8 Å². The van der Waals surface area contributed by atoms with Gasteiger partial charge in [0.1, 0.15) is 5.76 Å². The van der Waals surface area contributed by atoms with Gasteiger partial charge in [0, 0.05) is 5.56 Å². The van der Waals surface area contributed by atoms with Crippen LogP contribution in [0, 0.1) is 0 Å². The molecular formula is C9H7NO. The van der Waals surface area contributed by atoms with Crippen molar-refractivity contribution in [1.82, 2.24) is 0 Å². The second-order valence-electron chi connectivity index (χ2n) is 2.29. The van der Waals surface area contributed by atoms with Gasteiger partial charge in [0.05, 0.1) is 5.69 Å². The molecule has 0 radical (unpaired) electrons. The molecule has 54 valence electrons. The van der Waals surface area contributed by atoms with E-state index in [9.17, 15) is 0 Å². The van der Waals surface area contributed by atoms with E-state index in [-0.39, 0.29) is 0 Å². The first-order chi connectivity index (χ1) is 5.38. The Bertz CT molecular complexity index is 328. The van der Waals surface area contributed by atoms with Crippen molar-refractivity contribution in [2.75, 3.05) is 0 Å². The molecule has 1 aliphatic rings. The monoisotopic (exact) mass is 145 g/mol. The van der Waals surface area contributed by atoms with Crippen LogP contribution in [0.25, 0.3) is 5.76 Å². The summed E-state index contributed by atoms with van der Waals surface area (Å²) < 4.78 is 5.02. The Morgan fingerprint density at radius 2 is 2.09 bits per heavy atom. The standard InChI is InChI=1S/C9H7NO/c1-7-8-4-2-3-5-9(8)10-6-11-7/h2-6H,1H2. The Morgan fingerprint density at radius 1 is 1.27 bits per heavy atom. The molecule has 1 heterocycles. The minimum absolute atomic E-state index is 0.663. The summed E-state index contributed by atoms with van der Waals surface area (Å²) in [5.74, 6) is 0.663. The number of aliphatic imine (C=N–C) groups is 1. The largest absolute Gasteiger partial charge is 0.446 e. The van der Waals surface area contributed by atoms with E-state index in [0.717, 1.165) is 11.3 Å². The van der Waals surface area contributed by atoms with Crippen molar-refractivity contribution in [3.8, 4) is 0 Å². The molecular weight excluding hydrogens is 138 g/mol. The molecule has 0 atom stereocenters. The van der Waals surface area contributed by atoms with Gasteiger partial charge in [-0.05, 0) is 12.1 Å². The van der Waals surface area contributed by atoms with E-state index in [2.05, 4.69) is 11.6 Å². The molecule has 0 aliphatic carbocycles. The van der Waals surface area contributed by atoms with Crippen LogP contribution < -0.4 is 0 Å². The van der Waals surface area contributed by atoms with Crippen LogP contribution in [0.1, 0.15) is 5.56 Å². The number of fused-ring (bicyclic) bond motifs is 1. The third-order valence-corrected chi connectivity index (χ3v) is 1.59. The Hall–Kier alpha value is -1.57. The van der Waals surface area contributed by atoms with Gasteiger partial charge in [-0.2, -0.15) is 0 Å². The SMILES string of the molecule is C=C1OC=Nc2ccccc21. The quantitative estimate of drug-likeness (QED) is 0.549. The molecule has 0 spiro atoms. The van der Waals surface area contributed by atoms with Gasteiger partial charge in [-0.3, -0.25) is 0 Å². The van der Waals surface area contributed by atoms with Gasteiger partial charge < -0.3 is 4.74 Å². The lowest BCUT2D eigenvalue weighted by atomic mass is 10.1. The van der Waals surface area contributed by atoms with Crippen molar-refractivity contribution in [3.63, 3.8) is 0 Å². The maximum Gasteiger partial charge on any atom is 0.181 e. The normalized spacial score (nSPS) is 14.0. The number of benzene rings is 1. The number of nitrogens with zero attached hydrogens (tertiary/aromatic N) is 1. The lowest BCUT2D eigenvalue weighted by Gasteiger charge is -2.11. The highest BCUT2D eigenvalue weighted by Crippen LogP contribution is 2.28. The fraction of sp³-hybridized carbons (Fsp3) is 0. The number of hydrogen-bond donors (Lipinski definition) is 0. The van der Waals surface area contributed by atoms with Crippen LogP contribution in [-0.4, -0.2) is 6.40 Å². The molecule has 0 unspecified atom stereocenters. The van der Waals surface area contributed by atoms with E-state index >= 15 is 0 Å². The van der Waals surface area contributed by atoms with Crippen LogP contribution in [-0.2, 0) is 4.74 Å². The molecule has 1 aromatic carbocycles. The fourth-order valence-corrected chi connectivity index (χ4v) is 1.03. The predicted octanol–water partition coefficient (Wildman–Crippen LogP) is 2.35. The van der Waals surface area contributed by atoms with Gasteiger partial charge >= 0.3 is 0 Å². The number of para-hydroxylation sites is 1. The second kappa shape index (κ2) is 2.23. The molecule has 11 heavy (non-hydrogen) atoms. The second-order valence-corrected chi connectivity index (χ2v) is 2.29. The molecule has 2 nitrogen and oxygen atoms in total. The lowest BCUT2D eigenvalue weighted by Crippen LogP contribution is -1.94. The highest BCUT2D eigenvalue weighted by Gasteiger charge is 2.07. The highest BCUT2D eigenvalue weighted by molar-refractivity contribution is 5.79. The summed E-state index contributed by atoms with van der Waals surface area (Å²) in [6.45, 7) is 3.74. The minimum Gasteiger partial charge on any atom is -0.446 e. The summed E-state index contributed by atoms with van der Waals surface area (Å²) >= 11 is 0. The third-order valence-electron chi connectivity index (χ3n) is 1.59. The summed E-state index contributed by atoms with van der Waals surface area (Å²) in [5.41, 5.74) is 1.89.